The normalized spacial score (nSPS) is 10.5. The first kappa shape index (κ1) is 14.3. The van der Waals surface area contributed by atoms with Gasteiger partial charge in [0.25, 0.3) is 0 Å². The van der Waals surface area contributed by atoms with Crippen molar-refractivity contribution in [2.24, 2.45) is 0 Å². The molecule has 2 aromatic rings. The summed E-state index contributed by atoms with van der Waals surface area (Å²) in [5.74, 6) is -1.36. The molecule has 0 bridgehead atoms. The van der Waals surface area contributed by atoms with E-state index in [4.69, 9.17) is 28.9 Å². The molecule has 0 unspecified atom stereocenters. The third kappa shape index (κ3) is 2.61. The van der Waals surface area contributed by atoms with Crippen LogP contribution < -0.4 is 5.73 Å². The fourth-order valence-electron chi connectivity index (χ4n) is 1.64. The van der Waals surface area contributed by atoms with Crippen molar-refractivity contribution in [2.45, 2.75) is 0 Å². The molecule has 19 heavy (non-hydrogen) atoms. The van der Waals surface area contributed by atoms with Gasteiger partial charge < -0.3 is 5.73 Å². The van der Waals surface area contributed by atoms with Gasteiger partial charge in [0.05, 0.1) is 21.2 Å². The molecule has 0 spiro atoms. The summed E-state index contributed by atoms with van der Waals surface area (Å²) in [7, 11) is 0. The molecule has 6 heteroatoms. The molecule has 98 valence electrons. The molecule has 2 N–H and O–H groups in total. The van der Waals surface area contributed by atoms with Crippen LogP contribution in [0.25, 0.3) is 0 Å². The van der Waals surface area contributed by atoms with Crippen molar-refractivity contribution < 1.29 is 9.18 Å². The van der Waals surface area contributed by atoms with Gasteiger partial charge in [-0.25, -0.2) is 4.39 Å². The molecule has 0 aromatic heterocycles. The van der Waals surface area contributed by atoms with Gasteiger partial charge in [-0.3, -0.25) is 4.79 Å². The Morgan fingerprint density at radius 1 is 1.16 bits per heavy atom. The van der Waals surface area contributed by atoms with Crippen LogP contribution in [0.4, 0.5) is 10.1 Å². The van der Waals surface area contributed by atoms with Crippen molar-refractivity contribution in [3.63, 3.8) is 0 Å². The summed E-state index contributed by atoms with van der Waals surface area (Å²) >= 11 is 15.1. The first-order chi connectivity index (χ1) is 8.93. The lowest BCUT2D eigenvalue weighted by Crippen LogP contribution is -2.09. The van der Waals surface area contributed by atoms with E-state index in [0.29, 0.717) is 4.47 Å². The number of rotatable bonds is 2. The zero-order valence-corrected chi connectivity index (χ0v) is 12.5. The van der Waals surface area contributed by atoms with Gasteiger partial charge in [0.1, 0.15) is 5.82 Å². The molecule has 0 aliphatic carbocycles. The summed E-state index contributed by atoms with van der Waals surface area (Å²) in [6, 6.07) is 7.12. The Labute approximate surface area is 127 Å². The minimum absolute atomic E-state index is 0.0143. The van der Waals surface area contributed by atoms with Crippen molar-refractivity contribution in [3.8, 4) is 0 Å². The number of hydrogen-bond donors (Lipinski definition) is 1. The third-order valence-corrected chi connectivity index (χ3v) is 4.14. The molecule has 0 saturated carbocycles. The Bertz CT molecular complexity index is 656. The molecule has 0 aliphatic rings. The van der Waals surface area contributed by atoms with Gasteiger partial charge in [0.15, 0.2) is 0 Å². The van der Waals surface area contributed by atoms with E-state index in [-0.39, 0.29) is 26.9 Å². The Morgan fingerprint density at radius 3 is 2.47 bits per heavy atom. The van der Waals surface area contributed by atoms with Gasteiger partial charge in [-0.2, -0.15) is 0 Å². The number of anilines is 1. The molecule has 0 saturated heterocycles. The molecule has 2 rings (SSSR count). The smallest absolute Gasteiger partial charge is 0.201 e. The Morgan fingerprint density at radius 2 is 1.84 bits per heavy atom. The Hall–Kier alpha value is -1.10. The summed E-state index contributed by atoms with van der Waals surface area (Å²) in [4.78, 5) is 12.4. The highest BCUT2D eigenvalue weighted by Gasteiger charge is 2.23. The maximum absolute atomic E-state index is 13.7. The average molecular weight is 363 g/mol. The van der Waals surface area contributed by atoms with Gasteiger partial charge >= 0.3 is 0 Å². The number of nitrogens with two attached hydrogens (primary N) is 1. The van der Waals surface area contributed by atoms with E-state index in [1.54, 1.807) is 6.07 Å². The van der Waals surface area contributed by atoms with Crippen LogP contribution in [-0.4, -0.2) is 5.78 Å². The lowest BCUT2D eigenvalue weighted by Gasteiger charge is -2.10. The number of halogens is 4. The minimum atomic E-state index is -0.715. The monoisotopic (exact) mass is 361 g/mol. The molecule has 0 heterocycles. The van der Waals surface area contributed by atoms with Crippen molar-refractivity contribution >= 4 is 50.6 Å². The van der Waals surface area contributed by atoms with E-state index in [1.807, 2.05) is 0 Å². The molecule has 0 fully saturated rings. The predicted octanol–water partition coefficient (Wildman–Crippen LogP) is 4.71. The SMILES string of the molecule is Nc1ccc(Br)c(Cl)c1C(=O)c1c(F)cccc1Cl. The van der Waals surface area contributed by atoms with Crippen molar-refractivity contribution in [1.29, 1.82) is 0 Å². The Kier molecular flexibility index (Phi) is 4.13. The lowest BCUT2D eigenvalue weighted by atomic mass is 10.0. The number of carbonyl (C=O) groups is 1. The maximum Gasteiger partial charge on any atom is 0.201 e. The molecular weight excluding hydrogens is 356 g/mol. The van der Waals surface area contributed by atoms with E-state index >= 15 is 0 Å². The number of nitrogen functional groups attached to an aromatic ring is 1. The van der Waals surface area contributed by atoms with Gasteiger partial charge in [0.2, 0.25) is 5.78 Å². The van der Waals surface area contributed by atoms with Gasteiger partial charge in [-0.05, 0) is 40.2 Å². The standard InChI is InChI=1S/C13H7BrCl2FNO/c14-6-4-5-9(18)11(12(6)16)13(19)10-7(15)2-1-3-8(10)17/h1-5H,18H2. The molecule has 0 atom stereocenters. The van der Waals surface area contributed by atoms with Crippen LogP contribution in [0, 0.1) is 5.82 Å². The molecule has 0 amide bonds. The van der Waals surface area contributed by atoms with E-state index in [0.717, 1.165) is 6.07 Å². The van der Waals surface area contributed by atoms with Crippen LogP contribution in [0.15, 0.2) is 34.8 Å². The Balaban J connectivity index is 2.67. The largest absolute Gasteiger partial charge is 0.398 e. The zero-order valence-electron chi connectivity index (χ0n) is 9.38. The summed E-state index contributed by atoms with van der Waals surface area (Å²) in [5.41, 5.74) is 5.69. The highest BCUT2D eigenvalue weighted by molar-refractivity contribution is 9.10. The van der Waals surface area contributed by atoms with Crippen molar-refractivity contribution in [1.82, 2.24) is 0 Å². The quantitative estimate of drug-likeness (QED) is 0.621. The summed E-state index contributed by atoms with van der Waals surface area (Å²) in [5, 5.41) is 0.143. The zero-order chi connectivity index (χ0) is 14.2. The van der Waals surface area contributed by atoms with E-state index in [2.05, 4.69) is 15.9 Å². The number of carbonyl (C=O) groups excluding carboxylic acids is 1. The van der Waals surface area contributed by atoms with Crippen LogP contribution in [-0.2, 0) is 0 Å². The van der Waals surface area contributed by atoms with Crippen molar-refractivity contribution in [2.75, 3.05) is 5.73 Å². The van der Waals surface area contributed by atoms with Crippen LogP contribution in [0.3, 0.4) is 0 Å². The topological polar surface area (TPSA) is 43.1 Å². The maximum atomic E-state index is 13.7. The van der Waals surface area contributed by atoms with Crippen LogP contribution >= 0.6 is 39.1 Å². The van der Waals surface area contributed by atoms with Crippen LogP contribution in [0.1, 0.15) is 15.9 Å². The summed E-state index contributed by atoms with van der Waals surface area (Å²) in [6.45, 7) is 0. The van der Waals surface area contributed by atoms with E-state index in [9.17, 15) is 9.18 Å². The second kappa shape index (κ2) is 5.49. The molecular formula is C13H7BrCl2FNO. The van der Waals surface area contributed by atoms with Crippen molar-refractivity contribution in [3.05, 3.63) is 61.8 Å². The minimum Gasteiger partial charge on any atom is -0.398 e. The highest BCUT2D eigenvalue weighted by Crippen LogP contribution is 2.34. The molecule has 2 nitrogen and oxygen atoms in total. The van der Waals surface area contributed by atoms with Gasteiger partial charge in [-0.15, -0.1) is 0 Å². The highest BCUT2D eigenvalue weighted by atomic mass is 79.9. The first-order valence-corrected chi connectivity index (χ1v) is 6.70. The van der Waals surface area contributed by atoms with E-state index in [1.165, 1.54) is 18.2 Å². The number of ketones is 1. The number of benzene rings is 2. The van der Waals surface area contributed by atoms with Crippen LogP contribution in [0.5, 0.6) is 0 Å². The van der Waals surface area contributed by atoms with E-state index < -0.39 is 11.6 Å². The van der Waals surface area contributed by atoms with Gasteiger partial charge in [-0.1, -0.05) is 29.3 Å². The number of hydrogen-bond acceptors (Lipinski definition) is 2. The average Bonchev–Trinajstić information content (AvgIpc) is 2.34. The molecule has 2 aromatic carbocycles. The molecule has 0 radical (unpaired) electrons. The third-order valence-electron chi connectivity index (χ3n) is 2.54. The lowest BCUT2D eigenvalue weighted by molar-refractivity contribution is 0.103. The molecule has 0 aliphatic heterocycles. The fourth-order valence-corrected chi connectivity index (χ4v) is 2.47. The predicted molar refractivity (Wildman–Crippen MR) is 78.4 cm³/mol. The second-order valence-corrected chi connectivity index (χ2v) is 5.39. The van der Waals surface area contributed by atoms with Crippen LogP contribution in [0.2, 0.25) is 10.0 Å². The fraction of sp³-hybridized carbons (Fsp3) is 0. The second-order valence-electron chi connectivity index (χ2n) is 3.75. The van der Waals surface area contributed by atoms with Gasteiger partial charge in [0, 0.05) is 10.2 Å². The summed E-state index contributed by atoms with van der Waals surface area (Å²) in [6.07, 6.45) is 0. The summed E-state index contributed by atoms with van der Waals surface area (Å²) < 4.78 is 14.2. The first-order valence-electron chi connectivity index (χ1n) is 5.15.